The van der Waals surface area contributed by atoms with Gasteiger partial charge >= 0.3 is 0 Å². The number of hydrogen-bond donors (Lipinski definition) is 2. The second-order valence-corrected chi connectivity index (χ2v) is 6.61. The summed E-state index contributed by atoms with van der Waals surface area (Å²) in [4.78, 5) is 12.1. The molecule has 0 spiro atoms. The lowest BCUT2D eigenvalue weighted by atomic mass is 10.2. The summed E-state index contributed by atoms with van der Waals surface area (Å²) in [5, 5.41) is 6.70. The lowest BCUT2D eigenvalue weighted by molar-refractivity contribution is -0.118. The van der Waals surface area contributed by atoms with Crippen LogP contribution in [0.25, 0.3) is 0 Å². The maximum absolute atomic E-state index is 12.1. The first-order valence-electron chi connectivity index (χ1n) is 9.18. The van der Waals surface area contributed by atoms with Crippen LogP contribution in [0.3, 0.4) is 0 Å². The average molecular weight is 391 g/mol. The van der Waals surface area contributed by atoms with Gasteiger partial charge < -0.3 is 20.1 Å². The highest BCUT2D eigenvalue weighted by Crippen LogP contribution is 2.33. The first kappa shape index (κ1) is 21.1. The molecule has 0 bridgehead atoms. The van der Waals surface area contributed by atoms with Crippen molar-refractivity contribution in [1.29, 1.82) is 0 Å². The van der Waals surface area contributed by atoms with Crippen molar-refractivity contribution in [3.05, 3.63) is 52.5 Å². The number of ether oxygens (including phenoxy) is 2. The van der Waals surface area contributed by atoms with Crippen LogP contribution in [0.1, 0.15) is 31.4 Å². The normalized spacial score (nSPS) is 10.5. The lowest BCUT2D eigenvalue weighted by Crippen LogP contribution is -2.20. The zero-order chi connectivity index (χ0) is 19.6. The number of nitrogens with one attached hydrogen (secondary N) is 2. The second kappa shape index (κ2) is 10.8. The van der Waals surface area contributed by atoms with E-state index in [9.17, 15) is 4.79 Å². The van der Waals surface area contributed by atoms with Gasteiger partial charge in [-0.2, -0.15) is 0 Å². The van der Waals surface area contributed by atoms with Crippen LogP contribution >= 0.6 is 11.6 Å². The molecule has 0 saturated carbocycles. The van der Waals surface area contributed by atoms with Gasteiger partial charge in [-0.05, 0) is 50.6 Å². The number of benzene rings is 2. The molecule has 0 heterocycles. The van der Waals surface area contributed by atoms with Gasteiger partial charge in [-0.1, -0.05) is 36.2 Å². The second-order valence-electron chi connectivity index (χ2n) is 6.20. The molecule has 0 aliphatic rings. The maximum atomic E-state index is 12.1. The molecule has 0 atom stereocenters. The van der Waals surface area contributed by atoms with Crippen LogP contribution < -0.4 is 20.1 Å². The first-order valence-corrected chi connectivity index (χ1v) is 9.56. The molecule has 0 fully saturated rings. The third-order valence-electron chi connectivity index (χ3n) is 3.85. The van der Waals surface area contributed by atoms with Gasteiger partial charge in [-0.15, -0.1) is 0 Å². The fraction of sp³-hybridized carbons (Fsp3) is 0.381. The van der Waals surface area contributed by atoms with E-state index in [4.69, 9.17) is 21.1 Å². The van der Waals surface area contributed by atoms with Crippen molar-refractivity contribution in [2.75, 3.05) is 25.1 Å². The van der Waals surface area contributed by atoms with Crippen molar-refractivity contribution >= 4 is 23.2 Å². The summed E-state index contributed by atoms with van der Waals surface area (Å²) in [7, 11) is 0. The molecule has 2 N–H and O–H groups in total. The number of rotatable bonds is 10. The Bertz CT molecular complexity index is 748. The smallest absolute Gasteiger partial charge is 0.262 e. The largest absolute Gasteiger partial charge is 0.490 e. The van der Waals surface area contributed by atoms with Gasteiger partial charge in [0.05, 0.1) is 6.61 Å². The van der Waals surface area contributed by atoms with Gasteiger partial charge in [0.2, 0.25) is 0 Å². The summed E-state index contributed by atoms with van der Waals surface area (Å²) < 4.78 is 11.3. The number of anilines is 1. The Kier molecular flexibility index (Phi) is 8.43. The minimum atomic E-state index is -0.244. The van der Waals surface area contributed by atoms with E-state index in [1.807, 2.05) is 44.2 Å². The average Bonchev–Trinajstić information content (AvgIpc) is 2.65. The summed E-state index contributed by atoms with van der Waals surface area (Å²) in [5.74, 6) is 0.796. The van der Waals surface area contributed by atoms with E-state index in [0.29, 0.717) is 29.7 Å². The van der Waals surface area contributed by atoms with Crippen LogP contribution in [0.4, 0.5) is 5.69 Å². The molecule has 0 saturated heterocycles. The highest BCUT2D eigenvalue weighted by atomic mass is 35.5. The molecule has 0 aromatic heterocycles. The molecule has 0 radical (unpaired) electrons. The number of aryl methyl sites for hydroxylation is 1. The van der Waals surface area contributed by atoms with Crippen molar-refractivity contribution in [3.8, 4) is 11.5 Å². The standard InChI is InChI=1S/C21H27ClN2O3/c1-4-10-23-13-16-11-19(26-5-2)20(12-18(16)22)27-14-21(25)24-17-8-6-15(3)7-9-17/h6-9,11-12,23H,4-5,10,13-14H2,1-3H3,(H,24,25). The molecule has 0 aliphatic heterocycles. The Balaban J connectivity index is 2.02. The molecule has 27 heavy (non-hydrogen) atoms. The Morgan fingerprint density at radius 2 is 1.78 bits per heavy atom. The van der Waals surface area contributed by atoms with Crippen LogP contribution in [0.2, 0.25) is 5.02 Å². The SMILES string of the molecule is CCCNCc1cc(OCC)c(OCC(=O)Nc2ccc(C)cc2)cc1Cl. The molecule has 1 amide bonds. The quantitative estimate of drug-likeness (QED) is 0.583. The summed E-state index contributed by atoms with van der Waals surface area (Å²) in [5.41, 5.74) is 2.80. The molecule has 6 heteroatoms. The zero-order valence-electron chi connectivity index (χ0n) is 16.1. The van der Waals surface area contributed by atoms with Gasteiger partial charge in [0.15, 0.2) is 18.1 Å². The van der Waals surface area contributed by atoms with Gasteiger partial charge in [0, 0.05) is 23.3 Å². The number of amides is 1. The lowest BCUT2D eigenvalue weighted by Gasteiger charge is -2.15. The molecular weight excluding hydrogens is 364 g/mol. The van der Waals surface area contributed by atoms with Gasteiger partial charge in [-0.3, -0.25) is 4.79 Å². The predicted octanol–water partition coefficient (Wildman–Crippen LogP) is 4.56. The van der Waals surface area contributed by atoms with E-state index in [0.717, 1.165) is 29.8 Å². The monoisotopic (exact) mass is 390 g/mol. The Hall–Kier alpha value is -2.24. The minimum absolute atomic E-state index is 0.127. The van der Waals surface area contributed by atoms with Crippen molar-refractivity contribution in [1.82, 2.24) is 5.32 Å². The molecule has 2 aromatic rings. The van der Waals surface area contributed by atoms with Crippen LogP contribution in [-0.4, -0.2) is 25.7 Å². The van der Waals surface area contributed by atoms with Crippen molar-refractivity contribution < 1.29 is 14.3 Å². The minimum Gasteiger partial charge on any atom is -0.490 e. The number of hydrogen-bond acceptors (Lipinski definition) is 4. The topological polar surface area (TPSA) is 59.6 Å². The Morgan fingerprint density at radius 3 is 2.44 bits per heavy atom. The van der Waals surface area contributed by atoms with Crippen LogP contribution in [0.5, 0.6) is 11.5 Å². The summed E-state index contributed by atoms with van der Waals surface area (Å²) in [6, 6.07) is 11.2. The molecule has 0 unspecified atom stereocenters. The van der Waals surface area contributed by atoms with Crippen molar-refractivity contribution in [2.24, 2.45) is 0 Å². The van der Waals surface area contributed by atoms with E-state index < -0.39 is 0 Å². The molecule has 2 rings (SSSR count). The van der Waals surface area contributed by atoms with Gasteiger partial charge in [-0.25, -0.2) is 0 Å². The fourth-order valence-corrected chi connectivity index (χ4v) is 2.69. The maximum Gasteiger partial charge on any atom is 0.262 e. The zero-order valence-corrected chi connectivity index (χ0v) is 16.9. The van der Waals surface area contributed by atoms with Crippen LogP contribution in [0, 0.1) is 6.92 Å². The summed E-state index contributed by atoms with van der Waals surface area (Å²) in [6.07, 6.45) is 1.05. The van der Waals surface area contributed by atoms with E-state index in [1.165, 1.54) is 0 Å². The molecule has 5 nitrogen and oxygen atoms in total. The highest BCUT2D eigenvalue weighted by molar-refractivity contribution is 6.31. The number of carbonyl (C=O) groups is 1. The summed E-state index contributed by atoms with van der Waals surface area (Å²) >= 11 is 6.36. The Morgan fingerprint density at radius 1 is 1.07 bits per heavy atom. The van der Waals surface area contributed by atoms with E-state index in [2.05, 4.69) is 17.6 Å². The molecule has 0 aliphatic carbocycles. The van der Waals surface area contributed by atoms with E-state index >= 15 is 0 Å². The van der Waals surface area contributed by atoms with Crippen LogP contribution in [0.15, 0.2) is 36.4 Å². The third kappa shape index (κ3) is 6.77. The third-order valence-corrected chi connectivity index (χ3v) is 4.20. The number of carbonyl (C=O) groups excluding carboxylic acids is 1. The van der Waals surface area contributed by atoms with Gasteiger partial charge in [0.25, 0.3) is 5.91 Å². The number of halogens is 1. The van der Waals surface area contributed by atoms with Crippen molar-refractivity contribution in [3.63, 3.8) is 0 Å². The van der Waals surface area contributed by atoms with E-state index in [1.54, 1.807) is 6.07 Å². The Labute approximate surface area is 166 Å². The fourth-order valence-electron chi connectivity index (χ4n) is 2.47. The molecule has 2 aromatic carbocycles. The highest BCUT2D eigenvalue weighted by Gasteiger charge is 2.13. The van der Waals surface area contributed by atoms with Crippen molar-refractivity contribution in [2.45, 2.75) is 33.7 Å². The molecular formula is C21H27ClN2O3. The summed E-state index contributed by atoms with van der Waals surface area (Å²) in [6.45, 7) is 7.94. The first-order chi connectivity index (χ1) is 13.0. The van der Waals surface area contributed by atoms with Crippen LogP contribution in [-0.2, 0) is 11.3 Å². The molecule has 146 valence electrons. The predicted molar refractivity (Wildman–Crippen MR) is 110 cm³/mol. The van der Waals surface area contributed by atoms with Gasteiger partial charge in [0.1, 0.15) is 0 Å². The van der Waals surface area contributed by atoms with E-state index in [-0.39, 0.29) is 12.5 Å².